The van der Waals surface area contributed by atoms with Crippen molar-refractivity contribution in [2.24, 2.45) is 0 Å². The van der Waals surface area contributed by atoms with Gasteiger partial charge < -0.3 is 0 Å². The predicted octanol–water partition coefficient (Wildman–Crippen LogP) is 18.3. The van der Waals surface area contributed by atoms with Crippen molar-refractivity contribution in [1.29, 1.82) is 0 Å². The van der Waals surface area contributed by atoms with Crippen LogP contribution in [0.15, 0.2) is 121 Å². The van der Waals surface area contributed by atoms with Gasteiger partial charge in [-0.1, -0.05) is 155 Å². The highest BCUT2D eigenvalue weighted by Gasteiger charge is 2.27. The van der Waals surface area contributed by atoms with Gasteiger partial charge in [0.05, 0.1) is 5.69 Å². The number of hydrogen-bond donors (Lipinski definition) is 0. The Kier molecular flexibility index (Phi) is 23.0. The van der Waals surface area contributed by atoms with Crippen molar-refractivity contribution < 1.29 is 0 Å². The number of anilines is 9. The summed E-state index contributed by atoms with van der Waals surface area (Å²) in [5, 5.41) is 0. The van der Waals surface area contributed by atoms with Crippen molar-refractivity contribution in [3.8, 4) is 0 Å². The SMILES string of the molecule is CCCCCc1cccc(N(c2cc(N(c3cccc(CCCCC)n3)c3cccc(CCCCC)n3)nc(N(c3cccc(CCCCC)n3)c3cccc(CCCCC)n3)c2)c2cccc(CCCCC)n2)n1. The summed E-state index contributed by atoms with van der Waals surface area (Å²) in [4.78, 5) is 45.0. The summed E-state index contributed by atoms with van der Waals surface area (Å²) in [6.45, 7) is 13.5. The maximum absolute atomic E-state index is 5.79. The zero-order chi connectivity index (χ0) is 52.5. The Morgan fingerprint density at radius 2 is 0.453 bits per heavy atom. The van der Waals surface area contributed by atoms with E-state index in [0.29, 0.717) is 11.6 Å². The molecule has 0 spiro atoms. The van der Waals surface area contributed by atoms with Crippen molar-refractivity contribution >= 4 is 52.2 Å². The van der Waals surface area contributed by atoms with Crippen molar-refractivity contribution in [3.63, 3.8) is 0 Å². The summed E-state index contributed by atoms with van der Waals surface area (Å²) in [7, 11) is 0. The van der Waals surface area contributed by atoms with Crippen LogP contribution in [0.4, 0.5) is 52.2 Å². The van der Waals surface area contributed by atoms with E-state index in [1.54, 1.807) is 0 Å². The van der Waals surface area contributed by atoms with Gasteiger partial charge in [0, 0.05) is 46.3 Å². The fraction of sp³-hybridized carbons (Fsp3) is 0.462. The summed E-state index contributed by atoms with van der Waals surface area (Å²) in [6, 6.07) is 42.8. The van der Waals surface area contributed by atoms with Crippen LogP contribution in [0.5, 0.6) is 0 Å². The Bertz CT molecular complexity index is 2300. The molecule has 7 aromatic rings. The zero-order valence-electron chi connectivity index (χ0n) is 46.5. The highest BCUT2D eigenvalue weighted by molar-refractivity contribution is 5.83. The molecule has 0 aromatic carbocycles. The van der Waals surface area contributed by atoms with Gasteiger partial charge in [-0.05, 0) is 150 Å². The Hall–Kier alpha value is -6.55. The maximum atomic E-state index is 5.79. The summed E-state index contributed by atoms with van der Waals surface area (Å²) in [5.74, 6) is 5.94. The van der Waals surface area contributed by atoms with Gasteiger partial charge in [0.1, 0.15) is 46.5 Å². The van der Waals surface area contributed by atoms with E-state index in [4.69, 9.17) is 34.9 Å². The average molecular weight is 1010 g/mol. The first-order chi connectivity index (χ1) is 36.9. The third-order valence-electron chi connectivity index (χ3n) is 13.8. The van der Waals surface area contributed by atoms with Gasteiger partial charge in [0.15, 0.2) is 0 Å². The molecular formula is C65H86N10. The number of unbranched alkanes of at least 4 members (excludes halogenated alkanes) is 12. The highest BCUT2D eigenvalue weighted by atomic mass is 15.3. The lowest BCUT2D eigenvalue weighted by Gasteiger charge is -2.30. The van der Waals surface area contributed by atoms with Gasteiger partial charge in [-0.15, -0.1) is 0 Å². The standard InChI is InChI=1S/C65H86N10/c1-7-13-19-31-51-37-25-43-58(66-51)73(59-44-26-38-52(67-59)32-20-14-8-2)57-49-64(74(60-45-27-39-53(68-60)33-21-15-9-3)61-46-28-40-54(69-61)34-22-16-10-4)72-65(50-57)75(62-47-29-41-55(70-62)35-23-17-11-5)63-48-30-42-56(71-63)36-24-18-12-6/h25-30,37-50H,7-24,31-36H2,1-6H3. The second-order valence-electron chi connectivity index (χ2n) is 20.2. The lowest BCUT2D eigenvalue weighted by Crippen LogP contribution is -2.21. The second-order valence-corrected chi connectivity index (χ2v) is 20.2. The van der Waals surface area contributed by atoms with Gasteiger partial charge in [-0.3, -0.25) is 14.7 Å². The lowest BCUT2D eigenvalue weighted by atomic mass is 10.1. The molecule has 0 saturated heterocycles. The second kappa shape index (κ2) is 30.7. The van der Waals surface area contributed by atoms with Crippen LogP contribution < -0.4 is 14.7 Å². The number of pyridine rings is 7. The molecule has 0 N–H and O–H groups in total. The first-order valence-corrected chi connectivity index (χ1v) is 29.1. The minimum atomic E-state index is 0.658. The van der Waals surface area contributed by atoms with E-state index in [1.807, 2.05) is 0 Å². The third-order valence-corrected chi connectivity index (χ3v) is 13.8. The zero-order valence-corrected chi connectivity index (χ0v) is 46.5. The van der Waals surface area contributed by atoms with Crippen LogP contribution in [0.2, 0.25) is 0 Å². The van der Waals surface area contributed by atoms with E-state index >= 15 is 0 Å². The third kappa shape index (κ3) is 16.7. The van der Waals surface area contributed by atoms with E-state index < -0.39 is 0 Å². The summed E-state index contributed by atoms with van der Waals surface area (Å²) in [5.41, 5.74) is 7.15. The van der Waals surface area contributed by atoms with E-state index in [2.05, 4.69) is 178 Å². The van der Waals surface area contributed by atoms with E-state index in [-0.39, 0.29) is 0 Å². The molecule has 0 amide bonds. The fourth-order valence-electron chi connectivity index (χ4n) is 9.65. The fourth-order valence-corrected chi connectivity index (χ4v) is 9.65. The highest BCUT2D eigenvalue weighted by Crippen LogP contribution is 2.43. The maximum Gasteiger partial charge on any atom is 0.144 e. The van der Waals surface area contributed by atoms with Crippen LogP contribution >= 0.6 is 0 Å². The first kappa shape index (κ1) is 56.2. The van der Waals surface area contributed by atoms with E-state index in [1.165, 1.54) is 0 Å². The van der Waals surface area contributed by atoms with Crippen LogP contribution in [-0.2, 0) is 38.5 Å². The molecule has 0 aliphatic rings. The van der Waals surface area contributed by atoms with Crippen LogP contribution in [0.1, 0.15) is 191 Å². The molecule has 0 aliphatic heterocycles. The van der Waals surface area contributed by atoms with Gasteiger partial charge in [-0.2, -0.15) is 0 Å². The van der Waals surface area contributed by atoms with Crippen LogP contribution in [-0.4, -0.2) is 34.9 Å². The normalized spacial score (nSPS) is 11.3. The van der Waals surface area contributed by atoms with Crippen LogP contribution in [0.3, 0.4) is 0 Å². The van der Waals surface area contributed by atoms with Gasteiger partial charge in [-0.25, -0.2) is 34.9 Å². The molecule has 7 heterocycles. The van der Waals surface area contributed by atoms with Gasteiger partial charge in [0.25, 0.3) is 0 Å². The van der Waals surface area contributed by atoms with E-state index in [9.17, 15) is 0 Å². The Labute approximate surface area is 451 Å². The Balaban J connectivity index is 1.54. The molecule has 10 nitrogen and oxygen atoms in total. The van der Waals surface area contributed by atoms with E-state index in [0.717, 1.165) is 229 Å². The largest absolute Gasteiger partial charge is 0.279 e. The molecular weight excluding hydrogens is 921 g/mol. The minimum absolute atomic E-state index is 0.658. The monoisotopic (exact) mass is 1010 g/mol. The first-order valence-electron chi connectivity index (χ1n) is 29.1. The Morgan fingerprint density at radius 1 is 0.240 bits per heavy atom. The van der Waals surface area contributed by atoms with Crippen LogP contribution in [0.25, 0.3) is 0 Å². The molecule has 0 radical (unpaired) electrons. The van der Waals surface area contributed by atoms with Crippen molar-refractivity contribution in [2.75, 3.05) is 14.7 Å². The molecule has 0 aliphatic carbocycles. The molecule has 0 unspecified atom stereocenters. The number of aromatic nitrogens is 7. The summed E-state index contributed by atoms with van der Waals surface area (Å²) < 4.78 is 0. The molecule has 0 saturated carbocycles. The number of nitrogens with zero attached hydrogens (tertiary/aromatic N) is 10. The molecule has 0 atom stereocenters. The predicted molar refractivity (Wildman–Crippen MR) is 314 cm³/mol. The van der Waals surface area contributed by atoms with Crippen molar-refractivity contribution in [3.05, 3.63) is 155 Å². The molecule has 7 rings (SSSR count). The smallest absolute Gasteiger partial charge is 0.144 e. The molecule has 7 aromatic heterocycles. The van der Waals surface area contributed by atoms with Gasteiger partial charge >= 0.3 is 0 Å². The Morgan fingerprint density at radius 3 is 0.667 bits per heavy atom. The number of aryl methyl sites for hydroxylation is 6. The molecule has 10 heteroatoms. The molecule has 0 fully saturated rings. The minimum Gasteiger partial charge on any atom is -0.279 e. The van der Waals surface area contributed by atoms with Crippen LogP contribution in [0, 0.1) is 0 Å². The summed E-state index contributed by atoms with van der Waals surface area (Å²) in [6.07, 6.45) is 25.6. The summed E-state index contributed by atoms with van der Waals surface area (Å²) >= 11 is 0. The number of rotatable bonds is 33. The number of hydrogen-bond acceptors (Lipinski definition) is 10. The quantitative estimate of drug-likeness (QED) is 0.0370. The van der Waals surface area contributed by atoms with Crippen molar-refractivity contribution in [1.82, 2.24) is 34.9 Å². The molecule has 75 heavy (non-hydrogen) atoms. The topological polar surface area (TPSA) is 100.0 Å². The average Bonchev–Trinajstić information content (AvgIpc) is 3.42. The molecule has 396 valence electrons. The molecule has 0 bridgehead atoms. The van der Waals surface area contributed by atoms with Gasteiger partial charge in [0.2, 0.25) is 0 Å². The lowest BCUT2D eigenvalue weighted by molar-refractivity contribution is 0.706. The van der Waals surface area contributed by atoms with Crippen molar-refractivity contribution in [2.45, 2.75) is 196 Å².